The Bertz CT molecular complexity index is 1390. The normalized spacial score (nSPS) is 16.0. The Balaban J connectivity index is 1.24. The second-order valence-electron chi connectivity index (χ2n) is 11.3. The summed E-state index contributed by atoms with van der Waals surface area (Å²) in [6.45, 7) is 7.82. The van der Waals surface area contributed by atoms with Crippen LogP contribution in [-0.2, 0) is 4.74 Å². The van der Waals surface area contributed by atoms with Gasteiger partial charge >= 0.3 is 6.03 Å². The van der Waals surface area contributed by atoms with Crippen LogP contribution in [0.3, 0.4) is 0 Å². The molecular formula is C31H42N10O3. The summed E-state index contributed by atoms with van der Waals surface area (Å²) in [5, 5.41) is 8.55. The van der Waals surface area contributed by atoms with E-state index in [-0.39, 0.29) is 11.9 Å². The van der Waals surface area contributed by atoms with Gasteiger partial charge < -0.3 is 40.3 Å². The molecule has 0 bridgehead atoms. The fourth-order valence-corrected chi connectivity index (χ4v) is 4.97. The van der Waals surface area contributed by atoms with Crippen molar-refractivity contribution in [3.63, 3.8) is 0 Å². The fraction of sp³-hybridized carbons (Fsp3) is 0.452. The highest BCUT2D eigenvalue weighted by atomic mass is 16.5. The van der Waals surface area contributed by atoms with Crippen molar-refractivity contribution in [3.05, 3.63) is 54.1 Å². The minimum Gasteiger partial charge on any atom is -0.378 e. The molecule has 2 aliphatic heterocycles. The number of amides is 3. The molecule has 0 radical (unpaired) electrons. The first-order valence-electron chi connectivity index (χ1n) is 15.1. The molecule has 234 valence electrons. The van der Waals surface area contributed by atoms with Crippen molar-refractivity contribution in [2.45, 2.75) is 6.42 Å². The number of hydrogen-bond donors (Lipinski definition) is 3. The molecule has 13 nitrogen and oxygen atoms in total. The number of carbonyl (C=O) groups excluding carboxylic acids is 2. The summed E-state index contributed by atoms with van der Waals surface area (Å²) in [6.07, 6.45) is 1.05. The van der Waals surface area contributed by atoms with Crippen molar-refractivity contribution in [3.8, 4) is 11.4 Å². The predicted molar refractivity (Wildman–Crippen MR) is 173 cm³/mol. The molecule has 2 aromatic carbocycles. The number of urea groups is 1. The summed E-state index contributed by atoms with van der Waals surface area (Å²) in [4.78, 5) is 48.3. The number of ether oxygens (including phenoxy) is 1. The minimum absolute atomic E-state index is 0.149. The molecule has 3 N–H and O–H groups in total. The Morgan fingerprint density at radius 3 is 2.05 bits per heavy atom. The van der Waals surface area contributed by atoms with Crippen LogP contribution in [0.15, 0.2) is 48.5 Å². The van der Waals surface area contributed by atoms with Crippen LogP contribution in [0, 0.1) is 0 Å². The first-order valence-corrected chi connectivity index (χ1v) is 15.1. The largest absolute Gasteiger partial charge is 0.378 e. The number of carbonyl (C=O) groups is 2. The lowest BCUT2D eigenvalue weighted by Crippen LogP contribution is -2.38. The van der Waals surface area contributed by atoms with Gasteiger partial charge in [-0.1, -0.05) is 0 Å². The van der Waals surface area contributed by atoms with Gasteiger partial charge in [-0.3, -0.25) is 4.79 Å². The molecule has 0 spiro atoms. The van der Waals surface area contributed by atoms with Gasteiger partial charge in [0.1, 0.15) is 0 Å². The summed E-state index contributed by atoms with van der Waals surface area (Å²) in [6, 6.07) is 13.9. The van der Waals surface area contributed by atoms with Gasteiger partial charge in [-0.2, -0.15) is 15.0 Å². The molecule has 1 aromatic heterocycles. The van der Waals surface area contributed by atoms with Crippen LogP contribution in [0.1, 0.15) is 16.8 Å². The zero-order valence-corrected chi connectivity index (χ0v) is 25.8. The molecule has 3 amide bonds. The maximum absolute atomic E-state index is 12.7. The number of benzene rings is 2. The smallest absolute Gasteiger partial charge is 0.323 e. The lowest BCUT2D eigenvalue weighted by Gasteiger charge is -2.28. The van der Waals surface area contributed by atoms with Crippen LogP contribution in [0.2, 0.25) is 0 Å². The van der Waals surface area contributed by atoms with Gasteiger partial charge in [-0.05, 0) is 82.6 Å². The van der Waals surface area contributed by atoms with E-state index in [0.29, 0.717) is 54.4 Å². The third-order valence-electron chi connectivity index (χ3n) is 7.56. The van der Waals surface area contributed by atoms with Gasteiger partial charge in [0.25, 0.3) is 5.91 Å². The average Bonchev–Trinajstić information content (AvgIpc) is 3.26. The first kappa shape index (κ1) is 31.1. The van der Waals surface area contributed by atoms with E-state index in [1.165, 1.54) is 0 Å². The lowest BCUT2D eigenvalue weighted by molar-refractivity contribution is 0.0951. The van der Waals surface area contributed by atoms with E-state index >= 15 is 0 Å². The Morgan fingerprint density at radius 2 is 1.41 bits per heavy atom. The van der Waals surface area contributed by atoms with Gasteiger partial charge in [0.05, 0.1) is 13.2 Å². The second kappa shape index (κ2) is 14.9. The molecule has 5 rings (SSSR count). The number of likely N-dealkylation sites (N-methyl/N-ethyl adjacent to an activating group) is 2. The van der Waals surface area contributed by atoms with Crippen molar-refractivity contribution < 1.29 is 14.3 Å². The van der Waals surface area contributed by atoms with Crippen LogP contribution < -0.4 is 25.8 Å². The van der Waals surface area contributed by atoms with E-state index in [2.05, 4.69) is 37.7 Å². The van der Waals surface area contributed by atoms with Gasteiger partial charge in [0.2, 0.25) is 11.9 Å². The minimum atomic E-state index is -0.385. The lowest BCUT2D eigenvalue weighted by atomic mass is 10.2. The standard InChI is InChI=1S/C31H42N10O3/c1-38(2)16-13-32-28(42)24-7-11-26(12-8-24)34-31(43)33-25-9-5-23(6-10-25)27-35-29(40-15-4-14-39(3)17-18-40)37-30(36-27)41-19-21-44-22-20-41/h5-12H,4,13-22H2,1-3H3,(H,32,42)(H2,33,34,43). The quantitative estimate of drug-likeness (QED) is 0.336. The Labute approximate surface area is 258 Å². The third kappa shape index (κ3) is 8.62. The summed E-state index contributed by atoms with van der Waals surface area (Å²) >= 11 is 0. The number of nitrogens with zero attached hydrogens (tertiary/aromatic N) is 7. The second-order valence-corrected chi connectivity index (χ2v) is 11.3. The molecule has 13 heteroatoms. The predicted octanol–water partition coefficient (Wildman–Crippen LogP) is 2.45. The monoisotopic (exact) mass is 602 g/mol. The number of aromatic nitrogens is 3. The third-order valence-corrected chi connectivity index (χ3v) is 7.56. The molecular weight excluding hydrogens is 560 g/mol. The summed E-state index contributed by atoms with van der Waals surface area (Å²) in [5.41, 5.74) is 2.57. The molecule has 2 aliphatic rings. The Hall–Kier alpha value is -4.33. The molecule has 2 fully saturated rings. The van der Waals surface area contributed by atoms with Gasteiger partial charge in [-0.15, -0.1) is 0 Å². The van der Waals surface area contributed by atoms with Crippen LogP contribution in [-0.4, -0.2) is 123 Å². The number of anilines is 4. The molecule has 2 saturated heterocycles. The topological polar surface area (TPSA) is 131 Å². The first-order chi connectivity index (χ1) is 21.3. The Kier molecular flexibility index (Phi) is 10.5. The van der Waals surface area contributed by atoms with Crippen molar-refractivity contribution >= 4 is 35.2 Å². The maximum Gasteiger partial charge on any atom is 0.323 e. The summed E-state index contributed by atoms with van der Waals surface area (Å²) < 4.78 is 5.54. The molecule has 3 aromatic rings. The molecule has 44 heavy (non-hydrogen) atoms. The Morgan fingerprint density at radius 1 is 0.795 bits per heavy atom. The van der Waals surface area contributed by atoms with Gasteiger partial charge in [0, 0.05) is 68.3 Å². The summed E-state index contributed by atoms with van der Waals surface area (Å²) in [7, 11) is 6.05. The van der Waals surface area contributed by atoms with E-state index in [1.807, 2.05) is 43.3 Å². The highest BCUT2D eigenvalue weighted by Crippen LogP contribution is 2.24. The fourth-order valence-electron chi connectivity index (χ4n) is 4.97. The van der Waals surface area contributed by atoms with E-state index in [0.717, 1.165) is 57.8 Å². The van der Waals surface area contributed by atoms with Gasteiger partial charge in [-0.25, -0.2) is 4.79 Å². The molecule has 0 saturated carbocycles. The zero-order chi connectivity index (χ0) is 30.9. The van der Waals surface area contributed by atoms with Crippen molar-refractivity contribution in [1.29, 1.82) is 0 Å². The average molecular weight is 603 g/mol. The highest BCUT2D eigenvalue weighted by molar-refractivity contribution is 6.00. The number of morpholine rings is 1. The summed E-state index contributed by atoms with van der Waals surface area (Å²) in [5.74, 6) is 1.79. The molecule has 3 heterocycles. The van der Waals surface area contributed by atoms with Crippen LogP contribution >= 0.6 is 0 Å². The van der Waals surface area contributed by atoms with Gasteiger partial charge in [0.15, 0.2) is 5.82 Å². The van der Waals surface area contributed by atoms with E-state index in [4.69, 9.17) is 19.7 Å². The molecule has 0 unspecified atom stereocenters. The SMILES string of the molecule is CN(C)CCNC(=O)c1ccc(NC(=O)Nc2ccc(-c3nc(N4CCOCC4)nc(N4CCCN(C)CC4)n3)cc2)cc1. The van der Waals surface area contributed by atoms with Crippen molar-refractivity contribution in [2.75, 3.05) is 107 Å². The van der Waals surface area contributed by atoms with E-state index in [1.54, 1.807) is 24.3 Å². The molecule has 0 aliphatic carbocycles. The van der Waals surface area contributed by atoms with Crippen LogP contribution in [0.25, 0.3) is 11.4 Å². The van der Waals surface area contributed by atoms with Crippen LogP contribution in [0.4, 0.5) is 28.1 Å². The van der Waals surface area contributed by atoms with Crippen molar-refractivity contribution in [1.82, 2.24) is 30.1 Å². The molecule has 0 atom stereocenters. The van der Waals surface area contributed by atoms with Crippen LogP contribution in [0.5, 0.6) is 0 Å². The number of hydrogen-bond acceptors (Lipinski definition) is 10. The maximum atomic E-state index is 12.7. The van der Waals surface area contributed by atoms with E-state index < -0.39 is 0 Å². The van der Waals surface area contributed by atoms with Crippen molar-refractivity contribution in [2.24, 2.45) is 0 Å². The van der Waals surface area contributed by atoms with E-state index in [9.17, 15) is 9.59 Å². The zero-order valence-electron chi connectivity index (χ0n) is 25.8. The number of rotatable bonds is 9. The highest BCUT2D eigenvalue weighted by Gasteiger charge is 2.21. The number of nitrogens with one attached hydrogen (secondary N) is 3.